The number of ketones is 1. The number of carbonyl (C=O) groups excluding carboxylic acids is 2. The van der Waals surface area contributed by atoms with Gasteiger partial charge in [0.15, 0.2) is 5.76 Å². The SMILES string of the molecule is COCC(=O)Oc1cc(C)c2c(c1)O/C(=C\c1ccccc1OC)C2=O. The Bertz CT molecular complexity index is 897. The predicted octanol–water partition coefficient (Wildman–Crippen LogP) is 3.17. The molecule has 0 bridgehead atoms. The maximum Gasteiger partial charge on any atom is 0.337 e. The van der Waals surface area contributed by atoms with Gasteiger partial charge in [-0.25, -0.2) is 4.79 Å². The summed E-state index contributed by atoms with van der Waals surface area (Å²) in [6, 6.07) is 10.5. The first-order valence-corrected chi connectivity index (χ1v) is 7.95. The number of para-hydroxylation sites is 1. The van der Waals surface area contributed by atoms with Crippen LogP contribution in [0.15, 0.2) is 42.2 Å². The number of aryl methyl sites for hydroxylation is 1. The molecule has 6 heteroatoms. The molecule has 0 radical (unpaired) electrons. The van der Waals surface area contributed by atoms with Crippen LogP contribution >= 0.6 is 0 Å². The highest BCUT2D eigenvalue weighted by Crippen LogP contribution is 2.38. The first kappa shape index (κ1) is 17.7. The van der Waals surface area contributed by atoms with Gasteiger partial charge in [0.2, 0.25) is 5.78 Å². The molecule has 0 unspecified atom stereocenters. The van der Waals surface area contributed by atoms with E-state index in [1.54, 1.807) is 32.2 Å². The van der Waals surface area contributed by atoms with Gasteiger partial charge in [0.05, 0.1) is 12.7 Å². The molecule has 1 aliphatic heterocycles. The van der Waals surface area contributed by atoms with E-state index in [1.807, 2.05) is 18.2 Å². The van der Waals surface area contributed by atoms with E-state index in [9.17, 15) is 9.59 Å². The zero-order chi connectivity index (χ0) is 18.7. The minimum Gasteiger partial charge on any atom is -0.496 e. The van der Waals surface area contributed by atoms with Crippen molar-refractivity contribution >= 4 is 17.8 Å². The number of esters is 1. The third-order valence-corrected chi connectivity index (χ3v) is 3.86. The zero-order valence-corrected chi connectivity index (χ0v) is 14.7. The van der Waals surface area contributed by atoms with E-state index < -0.39 is 5.97 Å². The van der Waals surface area contributed by atoms with Crippen LogP contribution in [0.5, 0.6) is 17.2 Å². The second-order valence-electron chi connectivity index (χ2n) is 5.70. The molecule has 0 amide bonds. The van der Waals surface area contributed by atoms with Gasteiger partial charge >= 0.3 is 5.97 Å². The third-order valence-electron chi connectivity index (χ3n) is 3.86. The molecule has 0 aromatic heterocycles. The van der Waals surface area contributed by atoms with Crippen molar-refractivity contribution in [1.82, 2.24) is 0 Å². The summed E-state index contributed by atoms with van der Waals surface area (Å²) in [4.78, 5) is 24.3. The molecule has 6 nitrogen and oxygen atoms in total. The first-order valence-electron chi connectivity index (χ1n) is 7.95. The van der Waals surface area contributed by atoms with Crippen molar-refractivity contribution in [3.8, 4) is 17.2 Å². The van der Waals surface area contributed by atoms with Gasteiger partial charge in [-0.1, -0.05) is 18.2 Å². The van der Waals surface area contributed by atoms with Crippen LogP contribution in [0, 0.1) is 6.92 Å². The quantitative estimate of drug-likeness (QED) is 0.467. The molecular weight excluding hydrogens is 336 g/mol. The van der Waals surface area contributed by atoms with Crippen molar-refractivity contribution in [2.24, 2.45) is 0 Å². The molecule has 0 atom stereocenters. The topological polar surface area (TPSA) is 71.1 Å². The number of benzene rings is 2. The highest BCUT2D eigenvalue weighted by molar-refractivity contribution is 6.15. The summed E-state index contributed by atoms with van der Waals surface area (Å²) in [6.07, 6.45) is 1.64. The van der Waals surface area contributed by atoms with Gasteiger partial charge in [-0.15, -0.1) is 0 Å². The van der Waals surface area contributed by atoms with Crippen molar-refractivity contribution in [3.63, 3.8) is 0 Å². The summed E-state index contributed by atoms with van der Waals surface area (Å²) in [7, 11) is 2.97. The summed E-state index contributed by atoms with van der Waals surface area (Å²) >= 11 is 0. The zero-order valence-electron chi connectivity index (χ0n) is 14.7. The molecule has 1 heterocycles. The highest BCUT2D eigenvalue weighted by Gasteiger charge is 2.30. The first-order chi connectivity index (χ1) is 12.5. The van der Waals surface area contributed by atoms with Crippen LogP contribution < -0.4 is 14.2 Å². The Balaban J connectivity index is 1.92. The number of fused-ring (bicyclic) bond motifs is 1. The molecule has 0 spiro atoms. The lowest BCUT2D eigenvalue weighted by molar-refractivity contribution is -0.138. The van der Waals surface area contributed by atoms with Crippen LogP contribution in [0.4, 0.5) is 0 Å². The summed E-state index contributed by atoms with van der Waals surface area (Å²) in [5, 5.41) is 0. The Morgan fingerprint density at radius 1 is 1.19 bits per heavy atom. The monoisotopic (exact) mass is 354 g/mol. The molecule has 0 saturated heterocycles. The summed E-state index contributed by atoms with van der Waals surface area (Å²) in [6.45, 7) is 1.61. The smallest absolute Gasteiger partial charge is 0.337 e. The number of methoxy groups -OCH3 is 2. The van der Waals surface area contributed by atoms with E-state index in [2.05, 4.69) is 0 Å². The summed E-state index contributed by atoms with van der Waals surface area (Å²) in [5.41, 5.74) is 1.85. The minimum absolute atomic E-state index is 0.158. The third kappa shape index (κ3) is 3.45. The highest BCUT2D eigenvalue weighted by atomic mass is 16.6. The van der Waals surface area contributed by atoms with Gasteiger partial charge in [0, 0.05) is 18.7 Å². The number of carbonyl (C=O) groups is 2. The number of ether oxygens (including phenoxy) is 4. The maximum absolute atomic E-state index is 12.7. The summed E-state index contributed by atoms with van der Waals surface area (Å²) in [5.74, 6) is 0.733. The Hall–Kier alpha value is -3.12. The van der Waals surface area contributed by atoms with Crippen LogP contribution in [-0.4, -0.2) is 32.6 Å². The van der Waals surface area contributed by atoms with Crippen LogP contribution in [0.25, 0.3) is 6.08 Å². The normalized spacial score (nSPS) is 14.1. The Morgan fingerprint density at radius 2 is 1.96 bits per heavy atom. The largest absolute Gasteiger partial charge is 0.496 e. The predicted molar refractivity (Wildman–Crippen MR) is 94.6 cm³/mol. The number of hydrogen-bond acceptors (Lipinski definition) is 6. The minimum atomic E-state index is -0.527. The molecule has 2 aromatic rings. The van der Waals surface area contributed by atoms with Crippen molar-refractivity contribution in [2.75, 3.05) is 20.8 Å². The van der Waals surface area contributed by atoms with E-state index in [0.29, 0.717) is 28.4 Å². The molecule has 0 aliphatic carbocycles. The second-order valence-corrected chi connectivity index (χ2v) is 5.70. The van der Waals surface area contributed by atoms with E-state index in [0.717, 1.165) is 5.56 Å². The van der Waals surface area contributed by atoms with Crippen molar-refractivity contribution < 1.29 is 28.5 Å². The molecule has 134 valence electrons. The molecule has 0 N–H and O–H groups in total. The average Bonchev–Trinajstić information content (AvgIpc) is 2.91. The number of Topliss-reactive ketones (excluding diaryl/α,β-unsaturated/α-hetero) is 1. The van der Waals surface area contributed by atoms with Gasteiger partial charge < -0.3 is 18.9 Å². The van der Waals surface area contributed by atoms with Gasteiger partial charge in [-0.2, -0.15) is 0 Å². The van der Waals surface area contributed by atoms with Crippen molar-refractivity contribution in [1.29, 1.82) is 0 Å². The Morgan fingerprint density at radius 3 is 2.69 bits per heavy atom. The Kier molecular flexibility index (Phi) is 5.04. The van der Waals surface area contributed by atoms with Gasteiger partial charge in [0.25, 0.3) is 0 Å². The number of allylic oxidation sites excluding steroid dienone is 1. The number of rotatable bonds is 5. The lowest BCUT2D eigenvalue weighted by Crippen LogP contribution is -2.14. The van der Waals surface area contributed by atoms with E-state index in [-0.39, 0.29) is 18.1 Å². The molecular formula is C20H18O6. The average molecular weight is 354 g/mol. The van der Waals surface area contributed by atoms with Gasteiger partial charge in [0.1, 0.15) is 23.9 Å². The number of hydrogen-bond donors (Lipinski definition) is 0. The molecule has 26 heavy (non-hydrogen) atoms. The van der Waals surface area contributed by atoms with Gasteiger partial charge in [-0.05, 0) is 30.7 Å². The molecule has 0 fully saturated rings. The lowest BCUT2D eigenvalue weighted by Gasteiger charge is -2.07. The fraction of sp³-hybridized carbons (Fsp3) is 0.200. The second kappa shape index (κ2) is 7.41. The molecule has 0 saturated carbocycles. The molecule has 1 aliphatic rings. The van der Waals surface area contributed by atoms with Crippen LogP contribution in [-0.2, 0) is 9.53 Å². The van der Waals surface area contributed by atoms with Crippen LogP contribution in [0.1, 0.15) is 21.5 Å². The fourth-order valence-electron chi connectivity index (χ4n) is 2.74. The van der Waals surface area contributed by atoms with E-state index in [1.165, 1.54) is 13.2 Å². The molecule has 3 rings (SSSR count). The summed E-state index contributed by atoms with van der Waals surface area (Å²) < 4.78 is 20.9. The molecule has 2 aromatic carbocycles. The fourth-order valence-corrected chi connectivity index (χ4v) is 2.74. The maximum atomic E-state index is 12.7. The standard InChI is InChI=1S/C20H18O6/c1-12-8-14(25-18(21)11-23-2)10-16-19(12)20(22)17(26-16)9-13-6-4-5-7-15(13)24-3/h4-10H,11H2,1-3H3/b17-9-. The van der Waals surface area contributed by atoms with Crippen molar-refractivity contribution in [3.05, 3.63) is 58.8 Å². The van der Waals surface area contributed by atoms with Crippen molar-refractivity contribution in [2.45, 2.75) is 6.92 Å². The lowest BCUT2D eigenvalue weighted by atomic mass is 10.0. The van der Waals surface area contributed by atoms with E-state index >= 15 is 0 Å². The van der Waals surface area contributed by atoms with E-state index in [4.69, 9.17) is 18.9 Å². The van der Waals surface area contributed by atoms with Crippen LogP contribution in [0.3, 0.4) is 0 Å². The Labute approximate surface area is 150 Å². The van der Waals surface area contributed by atoms with Gasteiger partial charge in [-0.3, -0.25) is 4.79 Å². The van der Waals surface area contributed by atoms with Crippen LogP contribution in [0.2, 0.25) is 0 Å².